The number of oxime groups is 1. The number of hydrogen-bond acceptors (Lipinski definition) is 15. The van der Waals surface area contributed by atoms with Crippen molar-refractivity contribution < 1.29 is 39.0 Å². The lowest BCUT2D eigenvalue weighted by molar-refractivity contribution is -0.395. The van der Waals surface area contributed by atoms with Gasteiger partial charge < -0.3 is 19.7 Å². The quantitative estimate of drug-likeness (QED) is 0.136. The maximum Gasteiger partial charge on any atom is 0.350 e. The van der Waals surface area contributed by atoms with Gasteiger partial charge in [-0.15, -0.1) is 0 Å². The average Bonchev–Trinajstić information content (AvgIpc) is 3.47. The molecule has 21 heteroatoms. The highest BCUT2D eigenvalue weighted by Gasteiger charge is 2.42. The standard InChI is InChI=1S/C22H16N8O13/c1-10(22(31)42-4-3-25-11(2)23-9-18(25)30(40)41)43-24-21-14-5-12(26(32)33)7-16(28(36)37)19(14)20-15(21)6-13(27(34)35)8-17(20)29(38)39/h5-10H,3-4H2,1-2H3/t10-/m0/s1. The minimum Gasteiger partial charge on any atom is -0.459 e. The van der Waals surface area contributed by atoms with Crippen LogP contribution >= 0.6 is 0 Å². The molecular weight excluding hydrogens is 584 g/mol. The molecule has 0 unspecified atom stereocenters. The first-order valence-electron chi connectivity index (χ1n) is 11.7. The van der Waals surface area contributed by atoms with Gasteiger partial charge in [0.15, 0.2) is 5.82 Å². The van der Waals surface area contributed by atoms with Crippen LogP contribution in [0.3, 0.4) is 0 Å². The van der Waals surface area contributed by atoms with E-state index in [1.165, 1.54) is 18.4 Å². The van der Waals surface area contributed by atoms with Gasteiger partial charge in [0.25, 0.3) is 22.7 Å². The van der Waals surface area contributed by atoms with Crippen molar-refractivity contribution in [1.82, 2.24) is 9.55 Å². The van der Waals surface area contributed by atoms with Crippen molar-refractivity contribution >= 4 is 40.2 Å². The van der Waals surface area contributed by atoms with Crippen molar-refractivity contribution in [1.29, 1.82) is 0 Å². The summed E-state index contributed by atoms with van der Waals surface area (Å²) in [7, 11) is 0. The molecule has 0 bridgehead atoms. The molecule has 0 N–H and O–H groups in total. The van der Waals surface area contributed by atoms with E-state index in [0.717, 1.165) is 18.3 Å². The number of non-ortho nitro benzene ring substituents is 2. The number of esters is 1. The zero-order valence-electron chi connectivity index (χ0n) is 21.8. The Bertz CT molecular complexity index is 1700. The Morgan fingerprint density at radius 1 is 0.860 bits per heavy atom. The highest BCUT2D eigenvalue weighted by Crippen LogP contribution is 2.50. The Balaban J connectivity index is 1.72. The third-order valence-electron chi connectivity index (χ3n) is 6.19. The van der Waals surface area contributed by atoms with E-state index >= 15 is 0 Å². The number of rotatable bonds is 11. The van der Waals surface area contributed by atoms with Crippen LogP contribution in [-0.2, 0) is 20.9 Å². The van der Waals surface area contributed by atoms with Gasteiger partial charge in [0.1, 0.15) is 25.1 Å². The zero-order valence-corrected chi connectivity index (χ0v) is 21.8. The lowest BCUT2D eigenvalue weighted by Crippen LogP contribution is -2.24. The molecule has 3 aromatic rings. The second-order valence-corrected chi connectivity index (χ2v) is 8.73. The number of nitro groups is 5. The maximum absolute atomic E-state index is 12.5. The Morgan fingerprint density at radius 3 is 1.81 bits per heavy atom. The molecule has 0 spiro atoms. The highest BCUT2D eigenvalue weighted by atomic mass is 16.7. The van der Waals surface area contributed by atoms with Gasteiger partial charge in [0.05, 0.1) is 43.0 Å². The van der Waals surface area contributed by atoms with Crippen LogP contribution in [0.5, 0.6) is 0 Å². The van der Waals surface area contributed by atoms with Gasteiger partial charge >= 0.3 is 11.8 Å². The van der Waals surface area contributed by atoms with E-state index in [1.807, 2.05) is 0 Å². The van der Waals surface area contributed by atoms with Gasteiger partial charge in [-0.3, -0.25) is 40.5 Å². The smallest absolute Gasteiger partial charge is 0.350 e. The topological polar surface area (TPSA) is 281 Å². The Labute approximate surface area is 236 Å². The van der Waals surface area contributed by atoms with Crippen LogP contribution in [0.2, 0.25) is 0 Å². The zero-order chi connectivity index (χ0) is 31.7. The summed E-state index contributed by atoms with van der Waals surface area (Å²) in [6, 6.07) is 2.79. The number of carbonyl (C=O) groups excluding carboxylic acids is 1. The molecule has 43 heavy (non-hydrogen) atoms. The number of carbonyl (C=O) groups is 1. The Morgan fingerprint density at radius 2 is 1.37 bits per heavy atom. The van der Waals surface area contributed by atoms with Gasteiger partial charge in [-0.1, -0.05) is 5.16 Å². The fraction of sp³-hybridized carbons (Fsp3) is 0.227. The molecule has 1 aliphatic carbocycles. The summed E-state index contributed by atoms with van der Waals surface area (Å²) in [6.45, 7) is 2.16. The van der Waals surface area contributed by atoms with Crippen LogP contribution in [0, 0.1) is 57.5 Å². The minimum absolute atomic E-state index is 0.142. The SMILES string of the molecule is Cc1ncc([N+](=O)[O-])n1CCOC(=O)[C@H](C)ON=C1c2cc([N+](=O)[O-])cc([N+](=O)[O-])c2-c2c1cc([N+](=O)[O-])cc2[N+](=O)[O-]. The van der Waals surface area contributed by atoms with Crippen molar-refractivity contribution in [3.8, 4) is 11.1 Å². The summed E-state index contributed by atoms with van der Waals surface area (Å²) in [6.07, 6.45) is -0.485. The molecule has 1 aromatic heterocycles. The molecule has 0 aliphatic heterocycles. The summed E-state index contributed by atoms with van der Waals surface area (Å²) >= 11 is 0. The lowest BCUT2D eigenvalue weighted by Gasteiger charge is -2.11. The predicted molar refractivity (Wildman–Crippen MR) is 139 cm³/mol. The second kappa shape index (κ2) is 11.2. The Hall–Kier alpha value is -6.41. The normalized spacial score (nSPS) is 12.1. The van der Waals surface area contributed by atoms with E-state index in [0.29, 0.717) is 12.1 Å². The average molecular weight is 600 g/mol. The number of aromatic nitrogens is 2. The van der Waals surface area contributed by atoms with Crippen molar-refractivity contribution in [3.63, 3.8) is 0 Å². The van der Waals surface area contributed by atoms with Gasteiger partial charge in [0, 0.05) is 30.2 Å². The van der Waals surface area contributed by atoms with Crippen LogP contribution < -0.4 is 0 Å². The summed E-state index contributed by atoms with van der Waals surface area (Å²) in [5.41, 5.74) is -5.62. The number of nitrogens with zero attached hydrogens (tertiary/aromatic N) is 8. The monoisotopic (exact) mass is 600 g/mol. The lowest BCUT2D eigenvalue weighted by atomic mass is 10.0. The van der Waals surface area contributed by atoms with E-state index in [1.54, 1.807) is 0 Å². The first kappa shape index (κ1) is 29.6. The van der Waals surface area contributed by atoms with E-state index in [9.17, 15) is 55.4 Å². The number of imidazole rings is 1. The molecule has 2 aromatic carbocycles. The molecule has 1 heterocycles. The second-order valence-electron chi connectivity index (χ2n) is 8.73. The third-order valence-corrected chi connectivity index (χ3v) is 6.19. The fourth-order valence-corrected chi connectivity index (χ4v) is 4.27. The van der Waals surface area contributed by atoms with Crippen LogP contribution in [-0.4, -0.2) is 58.6 Å². The summed E-state index contributed by atoms with van der Waals surface area (Å²) in [4.78, 5) is 74.7. The molecule has 4 rings (SSSR count). The van der Waals surface area contributed by atoms with Crippen molar-refractivity contribution in [2.75, 3.05) is 6.61 Å². The first-order chi connectivity index (χ1) is 20.2. The molecular formula is C22H16N8O13. The van der Waals surface area contributed by atoms with Crippen molar-refractivity contribution in [2.45, 2.75) is 26.5 Å². The molecule has 21 nitrogen and oxygen atoms in total. The molecule has 0 amide bonds. The number of nitro benzene ring substituents is 4. The highest BCUT2D eigenvalue weighted by molar-refractivity contribution is 6.27. The summed E-state index contributed by atoms with van der Waals surface area (Å²) in [5.74, 6) is -1.09. The number of hydrogen-bond donors (Lipinski definition) is 0. The van der Waals surface area contributed by atoms with Gasteiger partial charge in [0.2, 0.25) is 6.10 Å². The van der Waals surface area contributed by atoms with Gasteiger partial charge in [-0.2, -0.15) is 0 Å². The molecule has 222 valence electrons. The van der Waals surface area contributed by atoms with E-state index < -0.39 is 76.3 Å². The van der Waals surface area contributed by atoms with Gasteiger partial charge in [-0.05, 0) is 11.8 Å². The minimum atomic E-state index is -1.51. The number of ether oxygens (including phenoxy) is 1. The predicted octanol–water partition coefficient (Wildman–Crippen LogP) is 3.11. The van der Waals surface area contributed by atoms with E-state index in [-0.39, 0.29) is 35.9 Å². The third kappa shape index (κ3) is 5.48. The van der Waals surface area contributed by atoms with Crippen LogP contribution in [0.4, 0.5) is 28.6 Å². The van der Waals surface area contributed by atoms with Crippen LogP contribution in [0.1, 0.15) is 23.9 Å². The van der Waals surface area contributed by atoms with Crippen LogP contribution in [0.15, 0.2) is 35.6 Å². The van der Waals surface area contributed by atoms with Gasteiger partial charge in [-0.25, -0.2) is 14.3 Å². The summed E-state index contributed by atoms with van der Waals surface area (Å²) < 4.78 is 6.25. The molecule has 0 saturated carbocycles. The molecule has 0 saturated heterocycles. The first-order valence-corrected chi connectivity index (χ1v) is 11.7. The number of fused-ring (bicyclic) bond motifs is 3. The van der Waals surface area contributed by atoms with Crippen LogP contribution in [0.25, 0.3) is 11.1 Å². The summed E-state index contributed by atoms with van der Waals surface area (Å²) in [5, 5.41) is 61.6. The maximum atomic E-state index is 12.5. The Kier molecular flexibility index (Phi) is 7.72. The van der Waals surface area contributed by atoms with Crippen molar-refractivity contribution in [3.05, 3.63) is 98.0 Å². The number of aryl methyl sites for hydroxylation is 1. The fourth-order valence-electron chi connectivity index (χ4n) is 4.27. The molecule has 0 radical (unpaired) electrons. The molecule has 1 aliphatic rings. The van der Waals surface area contributed by atoms with Crippen molar-refractivity contribution in [2.24, 2.45) is 5.16 Å². The molecule has 0 fully saturated rings. The van der Waals surface area contributed by atoms with E-state index in [4.69, 9.17) is 9.57 Å². The number of benzene rings is 2. The van der Waals surface area contributed by atoms with E-state index in [2.05, 4.69) is 10.1 Å². The largest absolute Gasteiger partial charge is 0.459 e. The molecule has 1 atom stereocenters.